The fraction of sp³-hybridized carbons (Fsp3) is 0.429. The van der Waals surface area contributed by atoms with Crippen LogP contribution in [-0.4, -0.2) is 58.0 Å². The summed E-state index contributed by atoms with van der Waals surface area (Å²) in [6, 6.07) is 7.34. The van der Waals surface area contributed by atoms with E-state index in [-0.39, 0.29) is 24.3 Å². The molecule has 2 aliphatic rings. The number of hydrazone groups is 1. The van der Waals surface area contributed by atoms with E-state index in [1.165, 1.54) is 0 Å². The zero-order valence-corrected chi connectivity index (χ0v) is 16.6. The summed E-state index contributed by atoms with van der Waals surface area (Å²) in [5.74, 6) is -0.306. The average molecular weight is 395 g/mol. The van der Waals surface area contributed by atoms with Crippen LogP contribution >= 0.6 is 0 Å². The molecule has 0 bridgehead atoms. The Balaban J connectivity index is 1.49. The van der Waals surface area contributed by atoms with Crippen LogP contribution in [0.5, 0.6) is 0 Å². The molecule has 8 heteroatoms. The lowest BCUT2D eigenvalue weighted by Gasteiger charge is -2.40. The summed E-state index contributed by atoms with van der Waals surface area (Å²) in [4.78, 5) is 42.5. The normalized spacial score (nSPS) is 19.2. The monoisotopic (exact) mass is 395 g/mol. The van der Waals surface area contributed by atoms with Gasteiger partial charge in [-0.2, -0.15) is 5.10 Å². The lowest BCUT2D eigenvalue weighted by atomic mass is 9.94. The lowest BCUT2D eigenvalue weighted by molar-refractivity contribution is -0.157. The summed E-state index contributed by atoms with van der Waals surface area (Å²) < 4.78 is 0. The van der Waals surface area contributed by atoms with Crippen molar-refractivity contribution in [2.45, 2.75) is 39.3 Å². The maximum Gasteiger partial charge on any atom is 0.266 e. The van der Waals surface area contributed by atoms with Crippen LogP contribution in [0.25, 0.3) is 10.9 Å². The van der Waals surface area contributed by atoms with Crippen molar-refractivity contribution in [2.75, 3.05) is 13.1 Å². The Bertz CT molecular complexity index is 993. The average Bonchev–Trinajstić information content (AvgIpc) is 3.06. The molecule has 1 fully saturated rings. The molecule has 2 N–H and O–H groups in total. The van der Waals surface area contributed by atoms with Crippen molar-refractivity contribution in [3.05, 3.63) is 35.5 Å². The van der Waals surface area contributed by atoms with Crippen LogP contribution in [0.1, 0.15) is 31.5 Å². The molecule has 0 spiro atoms. The minimum absolute atomic E-state index is 0.152. The van der Waals surface area contributed by atoms with Crippen LogP contribution in [0.15, 0.2) is 29.4 Å². The Morgan fingerprint density at radius 2 is 2.10 bits per heavy atom. The van der Waals surface area contributed by atoms with Gasteiger partial charge < -0.3 is 15.2 Å². The van der Waals surface area contributed by atoms with Gasteiger partial charge in [-0.3, -0.25) is 14.4 Å². The minimum atomic E-state index is -0.593. The molecule has 1 aromatic heterocycles. The topological polar surface area (TPSA) is 97.9 Å². The zero-order chi connectivity index (χ0) is 20.5. The molecule has 3 heterocycles. The van der Waals surface area contributed by atoms with Gasteiger partial charge >= 0.3 is 0 Å². The standard InChI is InChI=1S/C21H25N5O3/c1-13(2)7-8-22-19(27)10-23-26-12-20(28)25-11-17-15(9-18(25)21(26)29)14-5-3-4-6-16(14)24-17/h3-6,10,13,18,24H,7-9,11-12H2,1-2H3,(H,22,27)/b23-10-/t18-/m0/s1. The third kappa shape index (κ3) is 3.74. The Kier molecular flexibility index (Phi) is 5.08. The van der Waals surface area contributed by atoms with Crippen LogP contribution in [-0.2, 0) is 27.3 Å². The highest BCUT2D eigenvalue weighted by atomic mass is 16.2. The van der Waals surface area contributed by atoms with Gasteiger partial charge in [0.25, 0.3) is 11.8 Å². The molecule has 4 rings (SSSR count). The van der Waals surface area contributed by atoms with Gasteiger partial charge in [0.15, 0.2) is 0 Å². The first-order valence-electron chi connectivity index (χ1n) is 9.95. The highest BCUT2D eigenvalue weighted by Gasteiger charge is 2.43. The molecule has 2 aliphatic heterocycles. The van der Waals surface area contributed by atoms with E-state index in [1.807, 2.05) is 24.3 Å². The molecule has 0 saturated carbocycles. The number of fused-ring (bicyclic) bond motifs is 4. The predicted molar refractivity (Wildman–Crippen MR) is 109 cm³/mol. The van der Waals surface area contributed by atoms with E-state index < -0.39 is 6.04 Å². The van der Waals surface area contributed by atoms with Crippen molar-refractivity contribution in [3.63, 3.8) is 0 Å². The van der Waals surface area contributed by atoms with Crippen LogP contribution in [0.3, 0.4) is 0 Å². The third-order valence-corrected chi connectivity index (χ3v) is 5.48. The maximum absolute atomic E-state index is 13.0. The van der Waals surface area contributed by atoms with Crippen molar-refractivity contribution >= 4 is 34.8 Å². The smallest absolute Gasteiger partial charge is 0.266 e. The van der Waals surface area contributed by atoms with Crippen LogP contribution in [0.2, 0.25) is 0 Å². The minimum Gasteiger partial charge on any atom is -0.357 e. The molecule has 1 atom stereocenters. The molecule has 0 radical (unpaired) electrons. The van der Waals surface area contributed by atoms with E-state index in [4.69, 9.17) is 0 Å². The molecule has 3 amide bonds. The number of para-hydroxylation sites is 1. The number of aromatic amines is 1. The summed E-state index contributed by atoms with van der Waals surface area (Å²) in [5.41, 5.74) is 3.05. The van der Waals surface area contributed by atoms with Crippen LogP contribution in [0.4, 0.5) is 0 Å². The van der Waals surface area contributed by atoms with E-state index in [9.17, 15) is 14.4 Å². The maximum atomic E-state index is 13.0. The molecule has 0 unspecified atom stereocenters. The molecule has 8 nitrogen and oxygen atoms in total. The van der Waals surface area contributed by atoms with E-state index >= 15 is 0 Å². The highest BCUT2D eigenvalue weighted by Crippen LogP contribution is 2.32. The van der Waals surface area contributed by atoms with E-state index in [0.717, 1.165) is 39.8 Å². The number of nitrogens with one attached hydrogen (secondary N) is 2. The summed E-state index contributed by atoms with van der Waals surface area (Å²) in [5, 5.41) is 8.93. The van der Waals surface area contributed by atoms with Gasteiger partial charge in [0, 0.05) is 29.6 Å². The first-order valence-corrected chi connectivity index (χ1v) is 9.95. The number of benzene rings is 1. The number of carbonyl (C=O) groups is 3. The molecule has 152 valence electrons. The molecule has 1 aromatic carbocycles. The van der Waals surface area contributed by atoms with Crippen molar-refractivity contribution in [3.8, 4) is 0 Å². The van der Waals surface area contributed by atoms with Gasteiger partial charge in [-0.25, -0.2) is 5.01 Å². The van der Waals surface area contributed by atoms with Gasteiger partial charge in [-0.1, -0.05) is 32.0 Å². The van der Waals surface area contributed by atoms with Crippen molar-refractivity contribution in [1.29, 1.82) is 0 Å². The SMILES string of the molecule is CC(C)CCNC(=O)/C=N\N1CC(=O)N2Cc3[nH]c4ccccc4c3C[C@H]2C1=O. The first kappa shape index (κ1) is 19.2. The quantitative estimate of drug-likeness (QED) is 0.749. The number of hydrogen-bond donors (Lipinski definition) is 2. The lowest BCUT2D eigenvalue weighted by Crippen LogP contribution is -2.60. The van der Waals surface area contributed by atoms with E-state index in [1.54, 1.807) is 4.90 Å². The molecule has 29 heavy (non-hydrogen) atoms. The largest absolute Gasteiger partial charge is 0.357 e. The van der Waals surface area contributed by atoms with Gasteiger partial charge in [0.1, 0.15) is 18.8 Å². The van der Waals surface area contributed by atoms with Crippen LogP contribution < -0.4 is 5.32 Å². The van der Waals surface area contributed by atoms with Gasteiger partial charge in [0.2, 0.25) is 5.91 Å². The van der Waals surface area contributed by atoms with Crippen molar-refractivity contribution in [2.24, 2.45) is 11.0 Å². The number of aromatic nitrogens is 1. The molecular formula is C21H25N5O3. The van der Waals surface area contributed by atoms with Gasteiger partial charge in [-0.05, 0) is 24.0 Å². The third-order valence-electron chi connectivity index (χ3n) is 5.48. The Labute approximate surface area is 168 Å². The molecule has 1 saturated heterocycles. The Hall–Kier alpha value is -3.16. The first-order chi connectivity index (χ1) is 13.9. The number of nitrogens with zero attached hydrogens (tertiary/aromatic N) is 3. The van der Waals surface area contributed by atoms with Crippen molar-refractivity contribution < 1.29 is 14.4 Å². The number of piperazine rings is 1. The fourth-order valence-electron chi connectivity index (χ4n) is 3.91. The number of amides is 3. The number of H-pyrrole nitrogens is 1. The summed E-state index contributed by atoms with van der Waals surface area (Å²) in [6.07, 6.45) is 2.39. The van der Waals surface area contributed by atoms with Crippen LogP contribution in [0, 0.1) is 5.92 Å². The van der Waals surface area contributed by atoms with E-state index in [0.29, 0.717) is 25.4 Å². The van der Waals surface area contributed by atoms with Gasteiger partial charge in [-0.15, -0.1) is 0 Å². The molecule has 2 aromatic rings. The second kappa shape index (κ2) is 7.69. The number of carbonyl (C=O) groups excluding carboxylic acids is 3. The molecular weight excluding hydrogens is 370 g/mol. The summed E-state index contributed by atoms with van der Waals surface area (Å²) in [7, 11) is 0. The predicted octanol–water partition coefficient (Wildman–Crippen LogP) is 1.41. The Morgan fingerprint density at radius 1 is 1.31 bits per heavy atom. The summed E-state index contributed by atoms with van der Waals surface area (Å²) >= 11 is 0. The van der Waals surface area contributed by atoms with E-state index in [2.05, 4.69) is 29.2 Å². The second-order valence-electron chi connectivity index (χ2n) is 7.98. The zero-order valence-electron chi connectivity index (χ0n) is 16.6. The summed E-state index contributed by atoms with van der Waals surface area (Å²) in [6.45, 7) is 4.93. The highest BCUT2D eigenvalue weighted by molar-refractivity contribution is 6.26. The second-order valence-corrected chi connectivity index (χ2v) is 7.98. The van der Waals surface area contributed by atoms with Gasteiger partial charge in [0.05, 0.1) is 6.54 Å². The molecule has 0 aliphatic carbocycles. The number of hydrogen-bond acceptors (Lipinski definition) is 4. The number of rotatable bonds is 5. The fourth-order valence-corrected chi connectivity index (χ4v) is 3.91. The Morgan fingerprint density at radius 3 is 2.90 bits per heavy atom. The van der Waals surface area contributed by atoms with Crippen molar-refractivity contribution in [1.82, 2.24) is 20.2 Å².